The van der Waals surface area contributed by atoms with Crippen LogP contribution in [-0.2, 0) is 9.59 Å². The zero-order valence-electron chi connectivity index (χ0n) is 13.3. The van der Waals surface area contributed by atoms with E-state index in [1.807, 2.05) is 0 Å². The average Bonchev–Trinajstić information content (AvgIpc) is 2.86. The number of rotatable bonds is 4. The van der Waals surface area contributed by atoms with E-state index >= 15 is 0 Å². The normalized spacial score (nSPS) is 23.8. The fourth-order valence-corrected chi connectivity index (χ4v) is 3.98. The Morgan fingerprint density at radius 3 is 3.04 bits per heavy atom. The molecule has 1 atom stereocenters. The Morgan fingerprint density at radius 2 is 2.30 bits per heavy atom. The predicted octanol–water partition coefficient (Wildman–Crippen LogP) is 3.07. The molecule has 0 N–H and O–H groups in total. The van der Waals surface area contributed by atoms with Gasteiger partial charge in [0.25, 0.3) is 0 Å². The molecule has 0 radical (unpaired) electrons. The lowest BCUT2D eigenvalue weighted by Gasteiger charge is -2.32. The number of Topliss-reactive ketones (excluding diaryl/α,β-unsaturated/α-hetero) is 1. The second-order valence-corrected chi connectivity index (χ2v) is 7.21. The number of piperidine rings is 1. The Balaban J connectivity index is 1.76. The standard InChI is InChI=1S/C17H21N3O2S/c1-2-4-12-5-3-8-20(11-12)17-18-7-6-13(19-17)9-15-14(21)10-16(22)23-15/h6-7,9,12H,2-5,8,10-11H2,1H3/b15-9-. The van der Waals surface area contributed by atoms with E-state index in [-0.39, 0.29) is 17.3 Å². The van der Waals surface area contributed by atoms with E-state index in [1.54, 1.807) is 18.3 Å². The first kappa shape index (κ1) is 16.2. The van der Waals surface area contributed by atoms with Crippen molar-refractivity contribution in [2.24, 2.45) is 5.92 Å². The maximum atomic E-state index is 11.7. The molecule has 0 spiro atoms. The van der Waals surface area contributed by atoms with Gasteiger partial charge >= 0.3 is 0 Å². The molecule has 6 heteroatoms. The van der Waals surface area contributed by atoms with Crippen LogP contribution in [0.3, 0.4) is 0 Å². The third-order valence-corrected chi connectivity index (χ3v) is 5.18. The second-order valence-electron chi connectivity index (χ2n) is 6.11. The zero-order chi connectivity index (χ0) is 16.2. The molecule has 0 aromatic carbocycles. The Hall–Kier alpha value is -1.69. The van der Waals surface area contributed by atoms with Gasteiger partial charge in [-0.1, -0.05) is 13.3 Å². The number of aromatic nitrogens is 2. The summed E-state index contributed by atoms with van der Waals surface area (Å²) in [7, 11) is 0. The van der Waals surface area contributed by atoms with Gasteiger partial charge in [0.05, 0.1) is 17.0 Å². The molecule has 1 unspecified atom stereocenters. The van der Waals surface area contributed by atoms with E-state index in [4.69, 9.17) is 0 Å². The molecular formula is C17H21N3O2S. The highest BCUT2D eigenvalue weighted by atomic mass is 32.2. The molecule has 0 saturated carbocycles. The molecule has 2 aliphatic rings. The molecule has 1 aromatic heterocycles. The lowest BCUT2D eigenvalue weighted by molar-refractivity contribution is -0.119. The van der Waals surface area contributed by atoms with Crippen LogP contribution in [0.1, 0.15) is 44.7 Å². The largest absolute Gasteiger partial charge is 0.341 e. The summed E-state index contributed by atoms with van der Waals surface area (Å²) in [6.07, 6.45) is 8.33. The first-order valence-corrected chi connectivity index (χ1v) is 9.01. The second kappa shape index (κ2) is 7.25. The zero-order valence-corrected chi connectivity index (χ0v) is 14.1. The Kier molecular flexibility index (Phi) is 5.10. The first-order valence-electron chi connectivity index (χ1n) is 8.19. The summed E-state index contributed by atoms with van der Waals surface area (Å²) in [4.78, 5) is 34.7. The summed E-state index contributed by atoms with van der Waals surface area (Å²) in [6, 6.07) is 1.78. The van der Waals surface area contributed by atoms with Crippen molar-refractivity contribution in [3.8, 4) is 0 Å². The third-order valence-electron chi connectivity index (χ3n) is 4.25. The molecule has 1 aromatic rings. The lowest BCUT2D eigenvalue weighted by atomic mass is 9.94. The Bertz CT molecular complexity index is 642. The quantitative estimate of drug-likeness (QED) is 0.624. The van der Waals surface area contributed by atoms with Gasteiger partial charge in [-0.2, -0.15) is 0 Å². The maximum Gasteiger partial charge on any atom is 0.225 e. The molecular weight excluding hydrogens is 310 g/mol. The maximum absolute atomic E-state index is 11.7. The molecule has 2 aliphatic heterocycles. The predicted molar refractivity (Wildman–Crippen MR) is 92.1 cm³/mol. The molecule has 3 heterocycles. The third kappa shape index (κ3) is 3.99. The van der Waals surface area contributed by atoms with Crippen LogP contribution in [0.4, 0.5) is 5.95 Å². The smallest absolute Gasteiger partial charge is 0.225 e. The summed E-state index contributed by atoms with van der Waals surface area (Å²) >= 11 is 1.02. The van der Waals surface area contributed by atoms with Crippen molar-refractivity contribution in [3.63, 3.8) is 0 Å². The van der Waals surface area contributed by atoms with Gasteiger partial charge in [-0.25, -0.2) is 9.97 Å². The number of carbonyl (C=O) groups excluding carboxylic acids is 2. The van der Waals surface area contributed by atoms with Crippen LogP contribution >= 0.6 is 11.8 Å². The highest BCUT2D eigenvalue weighted by molar-refractivity contribution is 8.18. The topological polar surface area (TPSA) is 63.2 Å². The van der Waals surface area contributed by atoms with Gasteiger partial charge in [-0.05, 0) is 49.1 Å². The van der Waals surface area contributed by atoms with Gasteiger partial charge in [0.15, 0.2) is 5.78 Å². The van der Waals surface area contributed by atoms with E-state index < -0.39 is 0 Å². The SMILES string of the molecule is CCCC1CCCN(c2nccc(/C=C3\SC(=O)CC3=O)n2)C1. The first-order chi connectivity index (χ1) is 11.2. The van der Waals surface area contributed by atoms with Crippen LogP contribution in [0.15, 0.2) is 17.2 Å². The van der Waals surface area contributed by atoms with Crippen molar-refractivity contribution in [2.45, 2.75) is 39.0 Å². The number of thioether (sulfide) groups is 1. The van der Waals surface area contributed by atoms with Gasteiger partial charge in [-0.15, -0.1) is 0 Å². The van der Waals surface area contributed by atoms with Crippen LogP contribution in [-0.4, -0.2) is 34.0 Å². The average molecular weight is 331 g/mol. The fourth-order valence-electron chi connectivity index (χ4n) is 3.16. The number of carbonyl (C=O) groups is 2. The molecule has 23 heavy (non-hydrogen) atoms. The van der Waals surface area contributed by atoms with Crippen LogP contribution < -0.4 is 4.90 Å². The molecule has 122 valence electrons. The summed E-state index contributed by atoms with van der Waals surface area (Å²) in [6.45, 7) is 4.20. The van der Waals surface area contributed by atoms with Crippen molar-refractivity contribution in [2.75, 3.05) is 18.0 Å². The van der Waals surface area contributed by atoms with E-state index in [1.165, 1.54) is 25.7 Å². The molecule has 3 rings (SSSR count). The number of hydrogen-bond acceptors (Lipinski definition) is 6. The molecule has 2 saturated heterocycles. The van der Waals surface area contributed by atoms with Gasteiger partial charge in [-0.3, -0.25) is 9.59 Å². The van der Waals surface area contributed by atoms with E-state index in [2.05, 4.69) is 21.8 Å². The van der Waals surface area contributed by atoms with Crippen molar-refractivity contribution in [1.29, 1.82) is 0 Å². The summed E-state index contributed by atoms with van der Waals surface area (Å²) in [5.41, 5.74) is 0.693. The van der Waals surface area contributed by atoms with Crippen LogP contribution in [0.25, 0.3) is 6.08 Å². The van der Waals surface area contributed by atoms with Crippen LogP contribution in [0.5, 0.6) is 0 Å². The van der Waals surface area contributed by atoms with E-state index in [0.29, 0.717) is 16.5 Å². The minimum absolute atomic E-state index is 0.000731. The number of ketones is 1. The van der Waals surface area contributed by atoms with Gasteiger partial charge in [0, 0.05) is 19.3 Å². The Labute approximate surface area is 140 Å². The van der Waals surface area contributed by atoms with Gasteiger partial charge in [0.1, 0.15) is 0 Å². The van der Waals surface area contributed by atoms with E-state index in [0.717, 1.165) is 30.8 Å². The molecule has 0 bridgehead atoms. The molecule has 0 amide bonds. The number of anilines is 1. The van der Waals surface area contributed by atoms with Crippen LogP contribution in [0.2, 0.25) is 0 Å². The molecule has 2 fully saturated rings. The molecule has 0 aliphatic carbocycles. The van der Waals surface area contributed by atoms with E-state index in [9.17, 15) is 9.59 Å². The van der Waals surface area contributed by atoms with Gasteiger partial charge < -0.3 is 4.90 Å². The summed E-state index contributed by atoms with van der Waals surface area (Å²) in [5.74, 6) is 1.33. The number of allylic oxidation sites excluding steroid dienone is 1. The van der Waals surface area contributed by atoms with Crippen LogP contribution in [0, 0.1) is 5.92 Å². The fraction of sp³-hybridized carbons (Fsp3) is 0.529. The lowest BCUT2D eigenvalue weighted by Crippen LogP contribution is -2.36. The monoisotopic (exact) mass is 331 g/mol. The summed E-state index contributed by atoms with van der Waals surface area (Å²) < 4.78 is 0. The highest BCUT2D eigenvalue weighted by Gasteiger charge is 2.26. The van der Waals surface area contributed by atoms with Crippen molar-refractivity contribution in [3.05, 3.63) is 22.9 Å². The number of hydrogen-bond donors (Lipinski definition) is 0. The van der Waals surface area contributed by atoms with Crippen molar-refractivity contribution >= 4 is 34.7 Å². The summed E-state index contributed by atoms with van der Waals surface area (Å²) in [5, 5.41) is -0.0889. The van der Waals surface area contributed by atoms with Gasteiger partial charge in [0.2, 0.25) is 11.1 Å². The van der Waals surface area contributed by atoms with Crippen molar-refractivity contribution < 1.29 is 9.59 Å². The highest BCUT2D eigenvalue weighted by Crippen LogP contribution is 2.30. The molecule has 5 nitrogen and oxygen atoms in total. The minimum atomic E-state index is -0.110. The van der Waals surface area contributed by atoms with Crippen molar-refractivity contribution in [1.82, 2.24) is 9.97 Å². The Morgan fingerprint density at radius 1 is 1.43 bits per heavy atom. The number of nitrogens with zero attached hydrogens (tertiary/aromatic N) is 3. The minimum Gasteiger partial charge on any atom is -0.341 e.